The summed E-state index contributed by atoms with van der Waals surface area (Å²) in [6, 6.07) is 3.90. The van der Waals surface area contributed by atoms with Crippen molar-refractivity contribution in [2.24, 2.45) is 0 Å². The maximum atomic E-state index is 5.31. The van der Waals surface area contributed by atoms with Gasteiger partial charge < -0.3 is 0 Å². The molecule has 0 aliphatic carbocycles. The molecule has 0 unspecified atom stereocenters. The molecule has 2 aromatic rings. The van der Waals surface area contributed by atoms with Gasteiger partial charge in [-0.3, -0.25) is 0 Å². The summed E-state index contributed by atoms with van der Waals surface area (Å²) in [5.74, 6) is 1.96. The third-order valence-electron chi connectivity index (χ3n) is 2.38. The van der Waals surface area contributed by atoms with Gasteiger partial charge in [0, 0.05) is 0 Å². The van der Waals surface area contributed by atoms with E-state index in [1.165, 1.54) is 4.44 Å². The average Bonchev–Trinajstić information content (AvgIpc) is 2.90. The zero-order valence-electron chi connectivity index (χ0n) is 9.89. The van der Waals surface area contributed by atoms with Crippen molar-refractivity contribution in [1.82, 2.24) is 4.98 Å². The van der Waals surface area contributed by atoms with E-state index in [0.717, 1.165) is 5.56 Å². The van der Waals surface area contributed by atoms with Gasteiger partial charge in [0.05, 0.1) is 0 Å². The molecule has 0 bridgehead atoms. The van der Waals surface area contributed by atoms with E-state index in [9.17, 15) is 0 Å². The van der Waals surface area contributed by atoms with Gasteiger partial charge in [-0.1, -0.05) is 0 Å². The standard InChI is InChI=1S/C12H13NO3Se/c1-14-9-4-8(11-6-13-7-17-11)5-10(15-2)12(9)16-3/h4-7H,1-3H3. The Morgan fingerprint density at radius 3 is 2.06 bits per heavy atom. The van der Waals surface area contributed by atoms with Gasteiger partial charge in [0.25, 0.3) is 0 Å². The molecular weight excluding hydrogens is 285 g/mol. The van der Waals surface area contributed by atoms with Gasteiger partial charge in [0.15, 0.2) is 0 Å². The van der Waals surface area contributed by atoms with Crippen LogP contribution in [0.1, 0.15) is 0 Å². The van der Waals surface area contributed by atoms with Crippen molar-refractivity contribution in [2.45, 2.75) is 0 Å². The topological polar surface area (TPSA) is 40.6 Å². The van der Waals surface area contributed by atoms with E-state index in [2.05, 4.69) is 4.98 Å². The second-order valence-electron chi connectivity index (χ2n) is 3.28. The fourth-order valence-electron chi connectivity index (χ4n) is 1.58. The van der Waals surface area contributed by atoms with Crippen molar-refractivity contribution in [3.05, 3.63) is 23.4 Å². The van der Waals surface area contributed by atoms with Crippen LogP contribution < -0.4 is 14.2 Å². The van der Waals surface area contributed by atoms with E-state index in [0.29, 0.717) is 17.2 Å². The van der Waals surface area contributed by atoms with Gasteiger partial charge in [-0.25, -0.2) is 0 Å². The number of ether oxygens (including phenoxy) is 3. The third kappa shape index (κ3) is 2.30. The van der Waals surface area contributed by atoms with Crippen molar-refractivity contribution in [3.8, 4) is 27.2 Å². The number of hydrogen-bond acceptors (Lipinski definition) is 4. The van der Waals surface area contributed by atoms with Crippen LogP contribution in [0.3, 0.4) is 0 Å². The van der Waals surface area contributed by atoms with Gasteiger partial charge in [0.1, 0.15) is 0 Å². The second-order valence-corrected chi connectivity index (χ2v) is 5.14. The monoisotopic (exact) mass is 299 g/mol. The molecular formula is C12H13NO3Se. The summed E-state index contributed by atoms with van der Waals surface area (Å²) < 4.78 is 17.1. The molecule has 2 rings (SSSR count). The van der Waals surface area contributed by atoms with Crippen molar-refractivity contribution in [3.63, 3.8) is 0 Å². The Kier molecular flexibility index (Phi) is 3.71. The van der Waals surface area contributed by atoms with Crippen molar-refractivity contribution in [1.29, 1.82) is 0 Å². The summed E-state index contributed by atoms with van der Waals surface area (Å²) in [5.41, 5.74) is 1.07. The first kappa shape index (κ1) is 12.0. The van der Waals surface area contributed by atoms with E-state index in [1.807, 2.05) is 23.4 Å². The average molecular weight is 298 g/mol. The SMILES string of the molecule is COc1cc(-c2cnc[se]2)cc(OC)c1OC. The minimum atomic E-state index is 0.282. The molecule has 0 amide bonds. The molecule has 0 radical (unpaired) electrons. The van der Waals surface area contributed by atoms with Gasteiger partial charge in [-0.15, -0.1) is 0 Å². The summed E-state index contributed by atoms with van der Waals surface area (Å²) in [6.45, 7) is 0. The number of benzene rings is 1. The Bertz CT molecular complexity index is 471. The number of rotatable bonds is 4. The van der Waals surface area contributed by atoms with Crippen molar-refractivity contribution in [2.75, 3.05) is 21.3 Å². The summed E-state index contributed by atoms with van der Waals surface area (Å²) in [7, 11) is 4.83. The molecule has 17 heavy (non-hydrogen) atoms. The molecule has 1 heterocycles. The van der Waals surface area contributed by atoms with Crippen LogP contribution in [0.5, 0.6) is 17.2 Å². The van der Waals surface area contributed by atoms with Gasteiger partial charge >= 0.3 is 106 Å². The van der Waals surface area contributed by atoms with Gasteiger partial charge in [0.2, 0.25) is 0 Å². The summed E-state index contributed by atoms with van der Waals surface area (Å²) in [6.07, 6.45) is 1.88. The predicted molar refractivity (Wildman–Crippen MR) is 66.3 cm³/mol. The molecule has 0 spiro atoms. The van der Waals surface area contributed by atoms with E-state index in [1.54, 1.807) is 21.3 Å². The molecule has 0 fully saturated rings. The van der Waals surface area contributed by atoms with E-state index < -0.39 is 0 Å². The fraction of sp³-hybridized carbons (Fsp3) is 0.250. The van der Waals surface area contributed by atoms with Gasteiger partial charge in [-0.2, -0.15) is 0 Å². The molecule has 0 saturated heterocycles. The summed E-state index contributed by atoms with van der Waals surface area (Å²) >= 11 is 0.282. The normalized spacial score (nSPS) is 10.1. The zero-order chi connectivity index (χ0) is 12.3. The Labute approximate surface area is 106 Å². The minimum absolute atomic E-state index is 0.282. The molecule has 90 valence electrons. The number of aromatic nitrogens is 1. The Balaban J connectivity index is 2.56. The summed E-state index contributed by atoms with van der Waals surface area (Å²) in [5, 5.41) is 1.94. The molecule has 5 heteroatoms. The number of hydrogen-bond donors (Lipinski definition) is 0. The van der Waals surface area contributed by atoms with E-state index in [4.69, 9.17) is 14.2 Å². The number of methoxy groups -OCH3 is 3. The number of nitrogens with zero attached hydrogens (tertiary/aromatic N) is 1. The predicted octanol–water partition coefficient (Wildman–Crippen LogP) is 1.83. The van der Waals surface area contributed by atoms with Crippen LogP contribution in [0.2, 0.25) is 0 Å². The second kappa shape index (κ2) is 5.25. The van der Waals surface area contributed by atoms with Crippen LogP contribution in [-0.4, -0.2) is 40.8 Å². The van der Waals surface area contributed by atoms with Crippen LogP contribution >= 0.6 is 0 Å². The Morgan fingerprint density at radius 1 is 1.00 bits per heavy atom. The Hall–Kier alpha value is -1.45. The first-order chi connectivity index (χ1) is 8.30. The molecule has 0 atom stereocenters. The van der Waals surface area contributed by atoms with Gasteiger partial charge in [-0.05, 0) is 0 Å². The van der Waals surface area contributed by atoms with Crippen LogP contribution in [0.15, 0.2) is 23.4 Å². The van der Waals surface area contributed by atoms with Crippen molar-refractivity contribution < 1.29 is 14.2 Å². The molecule has 0 saturated carbocycles. The van der Waals surface area contributed by atoms with Crippen molar-refractivity contribution >= 4 is 14.5 Å². The molecule has 1 aromatic carbocycles. The van der Waals surface area contributed by atoms with Crippen LogP contribution in [0, 0.1) is 0 Å². The summed E-state index contributed by atoms with van der Waals surface area (Å²) in [4.78, 5) is 4.12. The van der Waals surface area contributed by atoms with Crippen LogP contribution in [-0.2, 0) is 0 Å². The van der Waals surface area contributed by atoms with E-state index in [-0.39, 0.29) is 14.5 Å². The van der Waals surface area contributed by atoms with Crippen LogP contribution in [0.4, 0.5) is 0 Å². The molecule has 1 aromatic heterocycles. The quantitative estimate of drug-likeness (QED) is 0.808. The third-order valence-corrected chi connectivity index (χ3v) is 4.11. The first-order valence-electron chi connectivity index (χ1n) is 4.99. The molecule has 0 N–H and O–H groups in total. The molecule has 0 aliphatic rings. The Morgan fingerprint density at radius 2 is 1.65 bits per heavy atom. The molecule has 4 nitrogen and oxygen atoms in total. The maximum absolute atomic E-state index is 5.31. The van der Waals surface area contributed by atoms with Crippen LogP contribution in [0.25, 0.3) is 10.0 Å². The zero-order valence-corrected chi connectivity index (χ0v) is 11.6. The van der Waals surface area contributed by atoms with E-state index >= 15 is 0 Å². The first-order valence-corrected chi connectivity index (χ1v) is 6.83. The molecule has 0 aliphatic heterocycles. The fourth-order valence-corrected chi connectivity index (χ4v) is 2.86.